The number of amides is 1. The SMILES string of the molecule is CCOc1ccc(-c2nn3c(=O)c(NC(=O)c4ccc(C(C)(C)C)cc4)cnc3o2)cc1. The minimum Gasteiger partial charge on any atom is -0.494 e. The van der Waals surface area contributed by atoms with Gasteiger partial charge in [-0.25, -0.2) is 4.98 Å². The Kier molecular flexibility index (Phi) is 5.52. The molecule has 0 aliphatic carbocycles. The first-order chi connectivity index (χ1) is 15.3. The summed E-state index contributed by atoms with van der Waals surface area (Å²) in [6.45, 7) is 8.77. The van der Waals surface area contributed by atoms with E-state index >= 15 is 0 Å². The lowest BCUT2D eigenvalue weighted by molar-refractivity contribution is 0.102. The number of fused-ring (bicyclic) bond motifs is 1. The number of aromatic nitrogens is 3. The lowest BCUT2D eigenvalue weighted by Crippen LogP contribution is -2.23. The fourth-order valence-electron chi connectivity index (χ4n) is 3.17. The number of nitrogens with one attached hydrogen (secondary N) is 1. The summed E-state index contributed by atoms with van der Waals surface area (Å²) in [5, 5.41) is 6.83. The van der Waals surface area contributed by atoms with Gasteiger partial charge in [-0.05, 0) is 54.3 Å². The molecule has 0 saturated heterocycles. The molecule has 0 saturated carbocycles. The average Bonchev–Trinajstić information content (AvgIpc) is 3.21. The van der Waals surface area contributed by atoms with Gasteiger partial charge in [0, 0.05) is 11.1 Å². The van der Waals surface area contributed by atoms with Crippen LogP contribution < -0.4 is 15.6 Å². The van der Waals surface area contributed by atoms with Gasteiger partial charge in [0.1, 0.15) is 11.4 Å². The maximum Gasteiger partial charge on any atom is 0.328 e. The van der Waals surface area contributed by atoms with E-state index in [4.69, 9.17) is 9.15 Å². The summed E-state index contributed by atoms with van der Waals surface area (Å²) < 4.78 is 12.1. The van der Waals surface area contributed by atoms with Crippen molar-refractivity contribution in [1.82, 2.24) is 14.6 Å². The summed E-state index contributed by atoms with van der Waals surface area (Å²) in [6, 6.07) is 14.4. The fourth-order valence-corrected chi connectivity index (χ4v) is 3.17. The van der Waals surface area contributed by atoms with Crippen LogP contribution in [0.1, 0.15) is 43.6 Å². The molecule has 0 fully saturated rings. The first kappa shape index (κ1) is 21.3. The molecular formula is C24H24N4O4. The minimum atomic E-state index is -0.532. The van der Waals surface area contributed by atoms with Crippen LogP contribution in [0.2, 0.25) is 0 Å². The van der Waals surface area contributed by atoms with Gasteiger partial charge >= 0.3 is 11.4 Å². The highest BCUT2D eigenvalue weighted by Gasteiger charge is 2.17. The van der Waals surface area contributed by atoms with Crippen LogP contribution in [0.4, 0.5) is 5.69 Å². The molecule has 0 radical (unpaired) electrons. The highest BCUT2D eigenvalue weighted by Crippen LogP contribution is 2.23. The number of hydrogen-bond donors (Lipinski definition) is 1. The molecular weight excluding hydrogens is 408 g/mol. The molecule has 2 aromatic carbocycles. The third kappa shape index (κ3) is 4.25. The van der Waals surface area contributed by atoms with Gasteiger partial charge in [-0.3, -0.25) is 9.59 Å². The normalized spacial score (nSPS) is 11.5. The minimum absolute atomic E-state index is 0.0129. The Hall–Kier alpha value is -3.94. The Morgan fingerprint density at radius 2 is 1.78 bits per heavy atom. The van der Waals surface area contributed by atoms with Crippen molar-refractivity contribution in [3.05, 3.63) is 76.2 Å². The van der Waals surface area contributed by atoms with E-state index in [0.29, 0.717) is 17.7 Å². The molecule has 2 aromatic heterocycles. The molecule has 4 aromatic rings. The molecule has 0 aliphatic rings. The Morgan fingerprint density at radius 1 is 1.09 bits per heavy atom. The lowest BCUT2D eigenvalue weighted by Gasteiger charge is -2.19. The quantitative estimate of drug-likeness (QED) is 0.505. The highest BCUT2D eigenvalue weighted by atomic mass is 16.5. The van der Waals surface area contributed by atoms with E-state index in [9.17, 15) is 9.59 Å². The van der Waals surface area contributed by atoms with Crippen molar-refractivity contribution >= 4 is 17.4 Å². The maximum atomic E-state index is 12.8. The predicted molar refractivity (Wildman–Crippen MR) is 121 cm³/mol. The molecule has 0 unspecified atom stereocenters. The van der Waals surface area contributed by atoms with Crippen LogP contribution in [0.15, 0.2) is 63.9 Å². The molecule has 1 N–H and O–H groups in total. The zero-order valence-electron chi connectivity index (χ0n) is 18.4. The summed E-state index contributed by atoms with van der Waals surface area (Å²) in [5.41, 5.74) is 1.69. The van der Waals surface area contributed by atoms with Crippen LogP contribution in [0.5, 0.6) is 5.75 Å². The molecule has 4 rings (SSSR count). The van der Waals surface area contributed by atoms with Crippen LogP contribution in [-0.2, 0) is 5.41 Å². The molecule has 2 heterocycles. The van der Waals surface area contributed by atoms with Gasteiger partial charge in [0.25, 0.3) is 5.91 Å². The molecule has 8 nitrogen and oxygen atoms in total. The second-order valence-corrected chi connectivity index (χ2v) is 8.32. The van der Waals surface area contributed by atoms with Gasteiger partial charge in [-0.2, -0.15) is 0 Å². The van der Waals surface area contributed by atoms with Crippen molar-refractivity contribution < 1.29 is 13.9 Å². The predicted octanol–water partition coefficient (Wildman–Crippen LogP) is 4.30. The van der Waals surface area contributed by atoms with E-state index in [1.807, 2.05) is 19.1 Å². The van der Waals surface area contributed by atoms with Crippen molar-refractivity contribution in [3.8, 4) is 17.2 Å². The Balaban J connectivity index is 1.58. The number of ether oxygens (including phenoxy) is 1. The molecule has 0 bridgehead atoms. The number of benzene rings is 2. The smallest absolute Gasteiger partial charge is 0.328 e. The fraction of sp³-hybridized carbons (Fsp3) is 0.250. The summed E-state index contributed by atoms with van der Waals surface area (Å²) in [5.74, 6) is 0.591. The van der Waals surface area contributed by atoms with Crippen molar-refractivity contribution in [2.75, 3.05) is 11.9 Å². The number of hydrogen-bond acceptors (Lipinski definition) is 6. The highest BCUT2D eigenvalue weighted by molar-refractivity contribution is 6.04. The molecule has 0 aliphatic heterocycles. The van der Waals surface area contributed by atoms with E-state index in [0.717, 1.165) is 15.8 Å². The van der Waals surface area contributed by atoms with Gasteiger partial charge in [0.2, 0.25) is 5.89 Å². The second-order valence-electron chi connectivity index (χ2n) is 8.32. The number of carbonyl (C=O) groups is 1. The van der Waals surface area contributed by atoms with E-state index < -0.39 is 11.5 Å². The lowest BCUT2D eigenvalue weighted by atomic mass is 9.87. The van der Waals surface area contributed by atoms with Crippen LogP contribution in [0.25, 0.3) is 17.3 Å². The molecule has 32 heavy (non-hydrogen) atoms. The van der Waals surface area contributed by atoms with Gasteiger partial charge in [-0.15, -0.1) is 9.61 Å². The van der Waals surface area contributed by atoms with Crippen LogP contribution in [0.3, 0.4) is 0 Å². The summed E-state index contributed by atoms with van der Waals surface area (Å²) in [4.78, 5) is 29.6. The van der Waals surface area contributed by atoms with Gasteiger partial charge in [0.15, 0.2) is 0 Å². The molecule has 8 heteroatoms. The molecule has 0 atom stereocenters. The summed E-state index contributed by atoms with van der Waals surface area (Å²) in [7, 11) is 0. The molecule has 164 valence electrons. The van der Waals surface area contributed by atoms with Crippen molar-refractivity contribution in [1.29, 1.82) is 0 Å². The third-order valence-electron chi connectivity index (χ3n) is 4.96. The van der Waals surface area contributed by atoms with Crippen molar-refractivity contribution in [3.63, 3.8) is 0 Å². The number of nitrogens with zero attached hydrogens (tertiary/aromatic N) is 3. The maximum absolute atomic E-state index is 12.8. The molecule has 0 spiro atoms. The van der Waals surface area contributed by atoms with Gasteiger partial charge in [-0.1, -0.05) is 32.9 Å². The Labute approximate surface area is 184 Å². The van der Waals surface area contributed by atoms with E-state index in [2.05, 4.69) is 36.2 Å². The largest absolute Gasteiger partial charge is 0.494 e. The first-order valence-electron chi connectivity index (χ1n) is 10.3. The third-order valence-corrected chi connectivity index (χ3v) is 4.96. The van der Waals surface area contributed by atoms with E-state index in [-0.39, 0.29) is 22.8 Å². The Bertz CT molecular complexity index is 1310. The topological polar surface area (TPSA) is 98.7 Å². The second kappa shape index (κ2) is 8.30. The van der Waals surface area contributed by atoms with Crippen LogP contribution in [0, 0.1) is 0 Å². The number of anilines is 1. The van der Waals surface area contributed by atoms with E-state index in [1.165, 1.54) is 6.20 Å². The Morgan fingerprint density at radius 3 is 2.41 bits per heavy atom. The van der Waals surface area contributed by atoms with Crippen molar-refractivity contribution in [2.45, 2.75) is 33.1 Å². The first-order valence-corrected chi connectivity index (χ1v) is 10.3. The zero-order chi connectivity index (χ0) is 22.9. The molecule has 1 amide bonds. The van der Waals surface area contributed by atoms with Crippen LogP contribution in [-0.4, -0.2) is 27.1 Å². The standard InChI is InChI=1S/C24H24N4O4/c1-5-31-18-12-8-16(9-13-18)21-27-28-22(30)19(14-25-23(28)32-21)26-20(29)15-6-10-17(11-7-15)24(2,3)4/h6-14H,5H2,1-4H3,(H,26,29). The van der Waals surface area contributed by atoms with Crippen molar-refractivity contribution in [2.24, 2.45) is 0 Å². The monoisotopic (exact) mass is 432 g/mol. The number of carbonyl (C=O) groups excluding carboxylic acids is 1. The zero-order valence-corrected chi connectivity index (χ0v) is 18.4. The average molecular weight is 432 g/mol. The van der Waals surface area contributed by atoms with E-state index in [1.54, 1.807) is 36.4 Å². The van der Waals surface area contributed by atoms with Gasteiger partial charge in [0.05, 0.1) is 12.8 Å². The van der Waals surface area contributed by atoms with Gasteiger partial charge < -0.3 is 14.5 Å². The summed E-state index contributed by atoms with van der Waals surface area (Å²) in [6.07, 6.45) is 1.27. The number of rotatable bonds is 5. The summed E-state index contributed by atoms with van der Waals surface area (Å²) >= 11 is 0. The van der Waals surface area contributed by atoms with Crippen LogP contribution >= 0.6 is 0 Å².